The molecule has 2 aromatic heterocycles. The Morgan fingerprint density at radius 3 is 3.04 bits per heavy atom. The molecule has 1 aliphatic heterocycles. The maximum Gasteiger partial charge on any atom is 0.222 e. The van der Waals surface area contributed by atoms with Gasteiger partial charge in [-0.2, -0.15) is 0 Å². The number of carbonyl (C=O) groups excluding carboxylic acids is 1. The first kappa shape index (κ1) is 17.1. The Morgan fingerprint density at radius 1 is 1.38 bits per heavy atom. The second-order valence-corrected chi connectivity index (χ2v) is 7.27. The second kappa shape index (κ2) is 8.38. The molecule has 1 fully saturated rings. The molecule has 0 bridgehead atoms. The van der Waals surface area contributed by atoms with Crippen molar-refractivity contribution < 1.29 is 4.79 Å². The lowest BCUT2D eigenvalue weighted by Gasteiger charge is -2.32. The summed E-state index contributed by atoms with van der Waals surface area (Å²) in [6.07, 6.45) is 7.38. The summed E-state index contributed by atoms with van der Waals surface area (Å²) in [6.45, 7) is 3.86. The van der Waals surface area contributed by atoms with Gasteiger partial charge in [-0.3, -0.25) is 9.78 Å². The smallest absolute Gasteiger partial charge is 0.222 e. The van der Waals surface area contributed by atoms with E-state index >= 15 is 0 Å². The summed E-state index contributed by atoms with van der Waals surface area (Å²) in [5.41, 5.74) is 2.24. The highest BCUT2D eigenvalue weighted by Gasteiger charge is 2.26. The van der Waals surface area contributed by atoms with Crippen LogP contribution in [-0.4, -0.2) is 33.9 Å². The first-order valence-electron chi connectivity index (χ1n) is 8.88. The molecule has 3 heterocycles. The zero-order valence-corrected chi connectivity index (χ0v) is 15.1. The molecule has 1 unspecified atom stereocenters. The van der Waals surface area contributed by atoms with Crippen molar-refractivity contribution >= 4 is 17.2 Å². The van der Waals surface area contributed by atoms with Crippen molar-refractivity contribution in [3.05, 3.63) is 46.2 Å². The number of likely N-dealkylation sites (tertiary alicyclic amines) is 1. The number of piperidine rings is 1. The monoisotopic (exact) mass is 343 g/mol. The van der Waals surface area contributed by atoms with Crippen molar-refractivity contribution in [2.24, 2.45) is 0 Å². The van der Waals surface area contributed by atoms with Gasteiger partial charge in [-0.15, -0.1) is 11.3 Å². The summed E-state index contributed by atoms with van der Waals surface area (Å²) >= 11 is 1.75. The molecule has 0 aliphatic carbocycles. The normalized spacial score (nSPS) is 17.9. The van der Waals surface area contributed by atoms with Gasteiger partial charge >= 0.3 is 0 Å². The van der Waals surface area contributed by atoms with E-state index in [0.717, 1.165) is 50.9 Å². The maximum absolute atomic E-state index is 12.5. The molecular formula is C19H25N3OS. The van der Waals surface area contributed by atoms with Crippen LogP contribution in [0.4, 0.5) is 0 Å². The van der Waals surface area contributed by atoms with Gasteiger partial charge in [-0.25, -0.2) is 4.98 Å². The molecular weight excluding hydrogens is 318 g/mol. The SMILES string of the molecule is CCc1csc(C2CCCN(C(=O)CCCc3ccccn3)C2)n1. The number of carbonyl (C=O) groups is 1. The standard InChI is InChI=1S/C19H25N3OS/c1-2-16-14-24-19(21-16)15-7-6-12-22(13-15)18(23)10-5-9-17-8-3-4-11-20-17/h3-4,8,11,14-15H,2,5-7,9-10,12-13H2,1H3. The van der Waals surface area contributed by atoms with Gasteiger partial charge in [0, 0.05) is 42.7 Å². The van der Waals surface area contributed by atoms with Crippen LogP contribution in [0.2, 0.25) is 0 Å². The van der Waals surface area contributed by atoms with Crippen LogP contribution in [0.1, 0.15) is 54.9 Å². The van der Waals surface area contributed by atoms with E-state index in [2.05, 4.69) is 17.3 Å². The molecule has 0 radical (unpaired) electrons. The van der Waals surface area contributed by atoms with Crippen LogP contribution in [0, 0.1) is 0 Å². The molecule has 4 nitrogen and oxygen atoms in total. The molecule has 1 amide bonds. The number of pyridine rings is 1. The van der Waals surface area contributed by atoms with Crippen molar-refractivity contribution in [2.75, 3.05) is 13.1 Å². The predicted octanol–water partition coefficient (Wildman–Crippen LogP) is 3.83. The molecule has 24 heavy (non-hydrogen) atoms. The quantitative estimate of drug-likeness (QED) is 0.801. The van der Waals surface area contributed by atoms with Crippen molar-refractivity contribution in [1.29, 1.82) is 0 Å². The number of amides is 1. The van der Waals surface area contributed by atoms with Gasteiger partial charge in [0.25, 0.3) is 0 Å². The van der Waals surface area contributed by atoms with Crippen LogP contribution in [-0.2, 0) is 17.6 Å². The molecule has 128 valence electrons. The van der Waals surface area contributed by atoms with Crippen LogP contribution in [0.25, 0.3) is 0 Å². The van der Waals surface area contributed by atoms with E-state index in [1.165, 1.54) is 10.7 Å². The van der Waals surface area contributed by atoms with E-state index in [0.29, 0.717) is 12.3 Å². The Balaban J connectivity index is 1.49. The number of aryl methyl sites for hydroxylation is 2. The maximum atomic E-state index is 12.5. The van der Waals surface area contributed by atoms with E-state index in [1.807, 2.05) is 29.3 Å². The van der Waals surface area contributed by atoms with E-state index in [-0.39, 0.29) is 5.91 Å². The fraction of sp³-hybridized carbons (Fsp3) is 0.526. The first-order valence-corrected chi connectivity index (χ1v) is 9.76. The average Bonchev–Trinajstić information content (AvgIpc) is 3.12. The molecule has 3 rings (SSSR count). The molecule has 0 saturated carbocycles. The van der Waals surface area contributed by atoms with Gasteiger partial charge in [0.05, 0.1) is 10.7 Å². The lowest BCUT2D eigenvalue weighted by molar-refractivity contribution is -0.132. The average molecular weight is 343 g/mol. The lowest BCUT2D eigenvalue weighted by atomic mass is 9.98. The third-order valence-corrected chi connectivity index (χ3v) is 5.66. The summed E-state index contributed by atoms with van der Waals surface area (Å²) < 4.78 is 0. The van der Waals surface area contributed by atoms with Gasteiger partial charge in [-0.1, -0.05) is 13.0 Å². The first-order chi connectivity index (χ1) is 11.8. The van der Waals surface area contributed by atoms with Crippen LogP contribution in [0.5, 0.6) is 0 Å². The minimum Gasteiger partial charge on any atom is -0.342 e. The number of aromatic nitrogens is 2. The van der Waals surface area contributed by atoms with Gasteiger partial charge in [-0.05, 0) is 44.2 Å². The van der Waals surface area contributed by atoms with Crippen molar-refractivity contribution in [3.8, 4) is 0 Å². The number of nitrogens with zero attached hydrogens (tertiary/aromatic N) is 3. The topological polar surface area (TPSA) is 46.1 Å². The molecule has 1 aliphatic rings. The minimum absolute atomic E-state index is 0.280. The zero-order valence-electron chi connectivity index (χ0n) is 14.3. The second-order valence-electron chi connectivity index (χ2n) is 6.38. The number of hydrogen-bond acceptors (Lipinski definition) is 4. The Morgan fingerprint density at radius 2 is 2.29 bits per heavy atom. The van der Waals surface area contributed by atoms with Gasteiger partial charge in [0.2, 0.25) is 5.91 Å². The number of thiazole rings is 1. The van der Waals surface area contributed by atoms with Crippen LogP contribution in [0.15, 0.2) is 29.8 Å². The molecule has 0 aromatic carbocycles. The number of hydrogen-bond donors (Lipinski definition) is 0. The highest BCUT2D eigenvalue weighted by atomic mass is 32.1. The lowest BCUT2D eigenvalue weighted by Crippen LogP contribution is -2.39. The molecule has 5 heteroatoms. The van der Waals surface area contributed by atoms with Gasteiger partial charge in [0.1, 0.15) is 0 Å². The summed E-state index contributed by atoms with van der Waals surface area (Å²) in [6, 6.07) is 5.94. The Bertz CT molecular complexity index is 656. The largest absolute Gasteiger partial charge is 0.342 e. The summed E-state index contributed by atoms with van der Waals surface area (Å²) in [4.78, 5) is 23.6. The Kier molecular flexibility index (Phi) is 5.96. The highest BCUT2D eigenvalue weighted by Crippen LogP contribution is 2.29. The van der Waals surface area contributed by atoms with Crippen LogP contribution >= 0.6 is 11.3 Å². The van der Waals surface area contributed by atoms with Crippen LogP contribution < -0.4 is 0 Å². The molecule has 1 atom stereocenters. The minimum atomic E-state index is 0.280. The van der Waals surface area contributed by atoms with Crippen molar-refractivity contribution in [3.63, 3.8) is 0 Å². The predicted molar refractivity (Wildman–Crippen MR) is 97.2 cm³/mol. The van der Waals surface area contributed by atoms with Crippen molar-refractivity contribution in [2.45, 2.75) is 51.4 Å². The third kappa shape index (κ3) is 4.41. The highest BCUT2D eigenvalue weighted by molar-refractivity contribution is 7.09. The zero-order chi connectivity index (χ0) is 16.8. The molecule has 1 saturated heterocycles. The van der Waals surface area contributed by atoms with Gasteiger partial charge in [0.15, 0.2) is 0 Å². The van der Waals surface area contributed by atoms with E-state index in [1.54, 1.807) is 11.3 Å². The van der Waals surface area contributed by atoms with Crippen LogP contribution in [0.3, 0.4) is 0 Å². The van der Waals surface area contributed by atoms with E-state index in [4.69, 9.17) is 4.98 Å². The summed E-state index contributed by atoms with van der Waals surface area (Å²) in [5.74, 6) is 0.701. The van der Waals surface area contributed by atoms with Gasteiger partial charge < -0.3 is 4.90 Å². The Labute approximate surface area is 147 Å². The fourth-order valence-electron chi connectivity index (χ4n) is 3.20. The van der Waals surface area contributed by atoms with E-state index < -0.39 is 0 Å². The summed E-state index contributed by atoms with van der Waals surface area (Å²) in [7, 11) is 0. The molecule has 2 aromatic rings. The third-order valence-electron chi connectivity index (χ3n) is 4.60. The Hall–Kier alpha value is -1.75. The fourth-order valence-corrected chi connectivity index (χ4v) is 4.23. The molecule has 0 N–H and O–H groups in total. The number of rotatable bonds is 6. The van der Waals surface area contributed by atoms with E-state index in [9.17, 15) is 4.79 Å². The molecule has 0 spiro atoms. The summed E-state index contributed by atoms with van der Waals surface area (Å²) in [5, 5.41) is 3.36. The van der Waals surface area contributed by atoms with Crippen molar-refractivity contribution in [1.82, 2.24) is 14.9 Å².